The second-order valence-electron chi connectivity index (χ2n) is 2.84. The fraction of sp³-hybridized carbons (Fsp3) is 0.200. The van der Waals surface area contributed by atoms with Crippen molar-refractivity contribution in [2.45, 2.75) is 6.92 Å². The zero-order valence-electron chi connectivity index (χ0n) is 8.40. The fourth-order valence-corrected chi connectivity index (χ4v) is 3.42. The van der Waals surface area contributed by atoms with E-state index in [9.17, 15) is 4.79 Å². The Bertz CT molecular complexity index is 493. The van der Waals surface area contributed by atoms with Gasteiger partial charge in [0.1, 0.15) is 8.79 Å². The summed E-state index contributed by atoms with van der Waals surface area (Å²) in [6, 6.07) is 3.93. The standard InChI is InChI=1S/C10H8BrNO2S2/c1-2-14-10(13)7-8(11)16-9(12-7)6-4-3-5-15-6/h3-5H,2H2,1H3. The topological polar surface area (TPSA) is 39.2 Å². The van der Waals surface area contributed by atoms with Crippen LogP contribution in [0.25, 0.3) is 9.88 Å². The number of hydrogen-bond donors (Lipinski definition) is 0. The van der Waals surface area contributed by atoms with E-state index in [1.807, 2.05) is 17.5 Å². The molecule has 0 amide bonds. The molecule has 84 valence electrons. The number of rotatable bonds is 3. The van der Waals surface area contributed by atoms with E-state index in [1.54, 1.807) is 18.3 Å². The van der Waals surface area contributed by atoms with Gasteiger partial charge in [0.05, 0.1) is 11.5 Å². The molecule has 0 atom stereocenters. The van der Waals surface area contributed by atoms with Crippen molar-refractivity contribution in [2.24, 2.45) is 0 Å². The fourth-order valence-electron chi connectivity index (χ4n) is 1.13. The Kier molecular flexibility index (Phi) is 3.73. The lowest BCUT2D eigenvalue weighted by Gasteiger charge is -1.97. The molecule has 0 aliphatic rings. The van der Waals surface area contributed by atoms with E-state index in [0.717, 1.165) is 9.88 Å². The molecule has 16 heavy (non-hydrogen) atoms. The summed E-state index contributed by atoms with van der Waals surface area (Å²) >= 11 is 6.37. The largest absolute Gasteiger partial charge is 0.461 e. The summed E-state index contributed by atoms with van der Waals surface area (Å²) in [6.45, 7) is 2.13. The van der Waals surface area contributed by atoms with Crippen LogP contribution in [0.4, 0.5) is 0 Å². The second kappa shape index (κ2) is 5.07. The first-order valence-corrected chi connectivity index (χ1v) is 7.08. The highest BCUT2D eigenvalue weighted by atomic mass is 79.9. The minimum atomic E-state index is -0.381. The molecular formula is C10H8BrNO2S2. The lowest BCUT2D eigenvalue weighted by Crippen LogP contribution is -2.05. The molecule has 0 aliphatic heterocycles. The molecular weight excluding hydrogens is 310 g/mol. The van der Waals surface area contributed by atoms with Gasteiger partial charge in [0.25, 0.3) is 0 Å². The third-order valence-electron chi connectivity index (χ3n) is 1.79. The van der Waals surface area contributed by atoms with Crippen molar-refractivity contribution in [3.8, 4) is 9.88 Å². The third-order valence-corrected chi connectivity index (χ3v) is 4.53. The Morgan fingerprint density at radius 1 is 1.62 bits per heavy atom. The molecule has 2 heterocycles. The van der Waals surface area contributed by atoms with E-state index < -0.39 is 0 Å². The Morgan fingerprint density at radius 2 is 2.44 bits per heavy atom. The van der Waals surface area contributed by atoms with Gasteiger partial charge in [0.15, 0.2) is 5.69 Å². The van der Waals surface area contributed by atoms with Crippen LogP contribution in [0, 0.1) is 0 Å². The van der Waals surface area contributed by atoms with Crippen LogP contribution in [0.5, 0.6) is 0 Å². The summed E-state index contributed by atoms with van der Waals surface area (Å²) < 4.78 is 5.64. The number of halogens is 1. The predicted octanol–water partition coefficient (Wildman–Crippen LogP) is 3.81. The van der Waals surface area contributed by atoms with Crippen molar-refractivity contribution < 1.29 is 9.53 Å². The van der Waals surface area contributed by atoms with Crippen LogP contribution >= 0.6 is 38.6 Å². The number of aromatic nitrogens is 1. The minimum Gasteiger partial charge on any atom is -0.461 e. The number of carbonyl (C=O) groups is 1. The molecule has 2 rings (SSSR count). The van der Waals surface area contributed by atoms with E-state index in [-0.39, 0.29) is 5.97 Å². The minimum absolute atomic E-state index is 0.357. The van der Waals surface area contributed by atoms with Crippen molar-refractivity contribution in [1.29, 1.82) is 0 Å². The van der Waals surface area contributed by atoms with E-state index >= 15 is 0 Å². The quantitative estimate of drug-likeness (QED) is 0.808. The van der Waals surface area contributed by atoms with Gasteiger partial charge >= 0.3 is 5.97 Å². The summed E-state index contributed by atoms with van der Waals surface area (Å²) in [5, 5.41) is 2.82. The molecule has 0 unspecified atom stereocenters. The molecule has 3 nitrogen and oxygen atoms in total. The van der Waals surface area contributed by atoms with E-state index in [4.69, 9.17) is 4.74 Å². The summed E-state index contributed by atoms with van der Waals surface area (Å²) in [4.78, 5) is 16.9. The van der Waals surface area contributed by atoms with Crippen molar-refractivity contribution in [2.75, 3.05) is 6.61 Å². The first-order valence-electron chi connectivity index (χ1n) is 4.59. The van der Waals surface area contributed by atoms with Crippen LogP contribution in [0.2, 0.25) is 0 Å². The smallest absolute Gasteiger partial charge is 0.359 e. The summed E-state index contributed by atoms with van der Waals surface area (Å²) in [5.74, 6) is -0.381. The number of nitrogens with zero attached hydrogens (tertiary/aromatic N) is 1. The van der Waals surface area contributed by atoms with Crippen molar-refractivity contribution >= 4 is 44.6 Å². The van der Waals surface area contributed by atoms with Crippen molar-refractivity contribution in [1.82, 2.24) is 4.98 Å². The molecule has 0 aliphatic carbocycles. The van der Waals surface area contributed by atoms with Gasteiger partial charge in [-0.05, 0) is 34.3 Å². The van der Waals surface area contributed by atoms with Crippen LogP contribution in [-0.2, 0) is 4.74 Å². The van der Waals surface area contributed by atoms with E-state index in [0.29, 0.717) is 16.1 Å². The van der Waals surface area contributed by atoms with E-state index in [1.165, 1.54) is 11.3 Å². The van der Waals surface area contributed by atoms with Crippen molar-refractivity contribution in [3.05, 3.63) is 27.0 Å². The highest BCUT2D eigenvalue weighted by Crippen LogP contribution is 2.34. The number of carbonyl (C=O) groups excluding carboxylic acids is 1. The van der Waals surface area contributed by atoms with Gasteiger partial charge in [-0.15, -0.1) is 22.7 Å². The summed E-state index contributed by atoms with van der Waals surface area (Å²) in [6.07, 6.45) is 0. The first kappa shape index (κ1) is 11.8. The molecule has 0 fully saturated rings. The van der Waals surface area contributed by atoms with Gasteiger partial charge < -0.3 is 4.74 Å². The maximum Gasteiger partial charge on any atom is 0.359 e. The molecule has 0 saturated heterocycles. The highest BCUT2D eigenvalue weighted by molar-refractivity contribution is 9.11. The molecule has 2 aromatic rings. The molecule has 0 spiro atoms. The maximum absolute atomic E-state index is 11.5. The molecule has 0 radical (unpaired) electrons. The van der Waals surface area contributed by atoms with E-state index in [2.05, 4.69) is 20.9 Å². The molecule has 2 aromatic heterocycles. The number of hydrogen-bond acceptors (Lipinski definition) is 5. The number of thiazole rings is 1. The Hall–Kier alpha value is -0.720. The third kappa shape index (κ3) is 2.34. The van der Waals surface area contributed by atoms with Gasteiger partial charge in [0.2, 0.25) is 0 Å². The molecule has 6 heteroatoms. The normalized spacial score (nSPS) is 10.4. The highest BCUT2D eigenvalue weighted by Gasteiger charge is 2.18. The Labute approximate surface area is 109 Å². The predicted molar refractivity (Wildman–Crippen MR) is 69.1 cm³/mol. The van der Waals surface area contributed by atoms with Gasteiger partial charge in [-0.1, -0.05) is 6.07 Å². The molecule has 0 aromatic carbocycles. The lowest BCUT2D eigenvalue weighted by molar-refractivity contribution is 0.0519. The lowest BCUT2D eigenvalue weighted by atomic mass is 10.4. The summed E-state index contributed by atoms with van der Waals surface area (Å²) in [7, 11) is 0. The molecule has 0 saturated carbocycles. The Balaban J connectivity index is 2.32. The first-order chi connectivity index (χ1) is 7.72. The van der Waals surface area contributed by atoms with Crippen LogP contribution < -0.4 is 0 Å². The van der Waals surface area contributed by atoms with Crippen LogP contribution in [0.3, 0.4) is 0 Å². The zero-order chi connectivity index (χ0) is 11.5. The zero-order valence-corrected chi connectivity index (χ0v) is 11.6. The number of esters is 1. The summed E-state index contributed by atoms with van der Waals surface area (Å²) in [5.41, 5.74) is 0.357. The molecule has 0 N–H and O–H groups in total. The average molecular weight is 318 g/mol. The second-order valence-corrected chi connectivity index (χ2v) is 6.10. The Morgan fingerprint density at radius 3 is 3.06 bits per heavy atom. The van der Waals surface area contributed by atoms with Crippen LogP contribution in [0.1, 0.15) is 17.4 Å². The van der Waals surface area contributed by atoms with Gasteiger partial charge in [0, 0.05) is 0 Å². The SMILES string of the molecule is CCOC(=O)c1nc(-c2cccs2)sc1Br. The van der Waals surface area contributed by atoms with Gasteiger partial charge in [-0.2, -0.15) is 0 Å². The molecule has 0 bridgehead atoms. The monoisotopic (exact) mass is 317 g/mol. The van der Waals surface area contributed by atoms with Gasteiger partial charge in [-0.25, -0.2) is 9.78 Å². The number of ether oxygens (including phenoxy) is 1. The average Bonchev–Trinajstić information content (AvgIpc) is 2.86. The van der Waals surface area contributed by atoms with Gasteiger partial charge in [-0.3, -0.25) is 0 Å². The maximum atomic E-state index is 11.5. The van der Waals surface area contributed by atoms with Crippen LogP contribution in [-0.4, -0.2) is 17.6 Å². The number of thiophene rings is 1. The van der Waals surface area contributed by atoms with Crippen LogP contribution in [0.15, 0.2) is 21.3 Å². The van der Waals surface area contributed by atoms with Crippen molar-refractivity contribution in [3.63, 3.8) is 0 Å².